The monoisotopic (exact) mass is 247 g/mol. The van der Waals surface area contributed by atoms with E-state index < -0.39 is 11.4 Å². The van der Waals surface area contributed by atoms with E-state index in [9.17, 15) is 10.1 Å². The molecule has 88 valence electrons. The number of rotatable bonds is 3. The van der Waals surface area contributed by atoms with Crippen molar-refractivity contribution in [2.24, 2.45) is 5.41 Å². The summed E-state index contributed by atoms with van der Waals surface area (Å²) in [7, 11) is 1.34. The molecule has 0 saturated heterocycles. The van der Waals surface area contributed by atoms with E-state index in [1.165, 1.54) is 7.11 Å². The summed E-state index contributed by atoms with van der Waals surface area (Å²) in [6.45, 7) is 0. The van der Waals surface area contributed by atoms with E-state index in [2.05, 4.69) is 6.07 Å². The van der Waals surface area contributed by atoms with E-state index in [4.69, 9.17) is 4.74 Å². The van der Waals surface area contributed by atoms with Gasteiger partial charge in [0.1, 0.15) is 0 Å². The van der Waals surface area contributed by atoms with Gasteiger partial charge in [-0.05, 0) is 25.0 Å². The molecule has 4 heteroatoms. The van der Waals surface area contributed by atoms with Crippen LogP contribution in [-0.2, 0) is 9.53 Å². The minimum Gasteiger partial charge on any atom is -0.468 e. The van der Waals surface area contributed by atoms with Crippen molar-refractivity contribution in [2.45, 2.75) is 23.0 Å². The lowest BCUT2D eigenvalue weighted by Crippen LogP contribution is -2.48. The second kappa shape index (κ2) is 4.80. The summed E-state index contributed by atoms with van der Waals surface area (Å²) in [6, 6.07) is 12.0. The number of nitriles is 1. The van der Waals surface area contributed by atoms with Crippen LogP contribution in [0.25, 0.3) is 0 Å². The molecule has 2 rings (SSSR count). The maximum absolute atomic E-state index is 11.7. The maximum Gasteiger partial charge on any atom is 0.327 e. The van der Waals surface area contributed by atoms with Crippen molar-refractivity contribution in [3.8, 4) is 6.07 Å². The van der Waals surface area contributed by atoms with Gasteiger partial charge < -0.3 is 4.74 Å². The van der Waals surface area contributed by atoms with Crippen LogP contribution in [0.15, 0.2) is 35.2 Å². The molecule has 0 heterocycles. The van der Waals surface area contributed by atoms with E-state index in [0.717, 1.165) is 11.3 Å². The van der Waals surface area contributed by atoms with Crippen LogP contribution >= 0.6 is 11.8 Å². The van der Waals surface area contributed by atoms with Crippen LogP contribution < -0.4 is 0 Å². The smallest absolute Gasteiger partial charge is 0.327 e. The summed E-state index contributed by atoms with van der Waals surface area (Å²) in [5.41, 5.74) is -0.949. The first-order chi connectivity index (χ1) is 8.23. The molecule has 1 fully saturated rings. The van der Waals surface area contributed by atoms with Crippen molar-refractivity contribution in [2.75, 3.05) is 7.11 Å². The van der Waals surface area contributed by atoms with Gasteiger partial charge >= 0.3 is 5.97 Å². The van der Waals surface area contributed by atoms with Crippen LogP contribution in [0.1, 0.15) is 12.8 Å². The number of methoxy groups -OCH3 is 1. The molecule has 1 aliphatic rings. The van der Waals surface area contributed by atoms with Crippen LogP contribution in [-0.4, -0.2) is 18.3 Å². The van der Waals surface area contributed by atoms with E-state index in [1.54, 1.807) is 11.8 Å². The Bertz CT molecular complexity index is 454. The number of hydrogen-bond acceptors (Lipinski definition) is 4. The molecule has 1 aliphatic carbocycles. The van der Waals surface area contributed by atoms with Crippen LogP contribution in [0.3, 0.4) is 0 Å². The maximum atomic E-state index is 11.7. The number of carbonyl (C=O) groups is 1. The first-order valence-corrected chi connectivity index (χ1v) is 6.32. The molecule has 1 saturated carbocycles. The highest BCUT2D eigenvalue weighted by Gasteiger charge is 2.55. The van der Waals surface area contributed by atoms with E-state index in [1.807, 2.05) is 30.3 Å². The van der Waals surface area contributed by atoms with Gasteiger partial charge in [-0.3, -0.25) is 4.79 Å². The van der Waals surface area contributed by atoms with Crippen molar-refractivity contribution in [1.29, 1.82) is 5.26 Å². The van der Waals surface area contributed by atoms with Crippen LogP contribution in [0.5, 0.6) is 0 Å². The highest BCUT2D eigenvalue weighted by molar-refractivity contribution is 8.00. The summed E-state index contributed by atoms with van der Waals surface area (Å²) >= 11 is 1.58. The zero-order valence-electron chi connectivity index (χ0n) is 9.55. The van der Waals surface area contributed by atoms with Crippen molar-refractivity contribution < 1.29 is 9.53 Å². The molecule has 0 radical (unpaired) electrons. The standard InChI is InChI=1S/C13H13NO2S/c1-16-12(15)13(9-14)8-7-11(13)17-10-5-3-2-4-6-10/h2-6,11H,7-8H2,1H3. The number of carbonyl (C=O) groups excluding carboxylic acids is 1. The lowest BCUT2D eigenvalue weighted by Gasteiger charge is -2.40. The topological polar surface area (TPSA) is 50.1 Å². The molecule has 0 aliphatic heterocycles. The Balaban J connectivity index is 2.13. The highest BCUT2D eigenvalue weighted by Crippen LogP contribution is 2.50. The Morgan fingerprint density at radius 3 is 2.71 bits per heavy atom. The SMILES string of the molecule is COC(=O)C1(C#N)CCC1Sc1ccccc1. The predicted molar refractivity (Wildman–Crippen MR) is 65.4 cm³/mol. The average Bonchev–Trinajstić information content (AvgIpc) is 2.37. The van der Waals surface area contributed by atoms with Crippen molar-refractivity contribution in [1.82, 2.24) is 0 Å². The molecular weight excluding hydrogens is 234 g/mol. The molecular formula is C13H13NO2S. The molecule has 2 atom stereocenters. The largest absolute Gasteiger partial charge is 0.468 e. The summed E-state index contributed by atoms with van der Waals surface area (Å²) in [4.78, 5) is 12.8. The third-order valence-corrected chi connectivity index (χ3v) is 4.59. The zero-order chi connectivity index (χ0) is 12.3. The average molecular weight is 247 g/mol. The first kappa shape index (κ1) is 12.0. The Morgan fingerprint density at radius 2 is 2.24 bits per heavy atom. The minimum absolute atomic E-state index is 0.00218. The predicted octanol–water partition coefficient (Wildman–Crippen LogP) is 2.62. The van der Waals surface area contributed by atoms with Gasteiger partial charge in [-0.15, -0.1) is 11.8 Å². The van der Waals surface area contributed by atoms with E-state index in [0.29, 0.717) is 6.42 Å². The van der Waals surface area contributed by atoms with Gasteiger partial charge in [0.2, 0.25) is 0 Å². The number of benzene rings is 1. The summed E-state index contributed by atoms with van der Waals surface area (Å²) in [6.07, 6.45) is 1.48. The van der Waals surface area contributed by atoms with Crippen molar-refractivity contribution >= 4 is 17.7 Å². The molecule has 0 amide bonds. The highest BCUT2D eigenvalue weighted by atomic mass is 32.2. The van der Waals surface area contributed by atoms with Gasteiger partial charge in [0.15, 0.2) is 5.41 Å². The van der Waals surface area contributed by atoms with Crippen LogP contribution in [0.4, 0.5) is 0 Å². The Kier molecular flexibility index (Phi) is 3.39. The fraction of sp³-hybridized carbons (Fsp3) is 0.385. The molecule has 17 heavy (non-hydrogen) atoms. The summed E-state index contributed by atoms with van der Waals surface area (Å²) < 4.78 is 4.74. The van der Waals surface area contributed by atoms with Crippen LogP contribution in [0.2, 0.25) is 0 Å². The van der Waals surface area contributed by atoms with Gasteiger partial charge in [0.25, 0.3) is 0 Å². The Hall–Kier alpha value is -1.47. The quantitative estimate of drug-likeness (QED) is 0.770. The lowest BCUT2D eigenvalue weighted by atomic mass is 9.69. The number of ether oxygens (including phenoxy) is 1. The third kappa shape index (κ3) is 2.03. The minimum atomic E-state index is -0.949. The van der Waals surface area contributed by atoms with Gasteiger partial charge in [-0.2, -0.15) is 5.26 Å². The Morgan fingerprint density at radius 1 is 1.53 bits per heavy atom. The number of hydrogen-bond donors (Lipinski definition) is 0. The van der Waals surface area contributed by atoms with Crippen LogP contribution in [0, 0.1) is 16.7 Å². The van der Waals surface area contributed by atoms with E-state index >= 15 is 0 Å². The van der Waals surface area contributed by atoms with Gasteiger partial charge in [-0.1, -0.05) is 18.2 Å². The van der Waals surface area contributed by atoms with Gasteiger partial charge in [0, 0.05) is 10.1 Å². The second-order valence-electron chi connectivity index (χ2n) is 4.03. The number of nitrogens with zero attached hydrogens (tertiary/aromatic N) is 1. The molecule has 0 bridgehead atoms. The molecule has 1 aromatic rings. The molecule has 3 nitrogen and oxygen atoms in total. The normalized spacial score (nSPS) is 26.7. The third-order valence-electron chi connectivity index (χ3n) is 3.12. The Labute approximate surface area is 105 Å². The van der Waals surface area contributed by atoms with Gasteiger partial charge in [0.05, 0.1) is 13.2 Å². The van der Waals surface area contributed by atoms with Crippen molar-refractivity contribution in [3.63, 3.8) is 0 Å². The van der Waals surface area contributed by atoms with Gasteiger partial charge in [-0.25, -0.2) is 0 Å². The lowest BCUT2D eigenvalue weighted by molar-refractivity contribution is -0.152. The van der Waals surface area contributed by atoms with Crippen molar-refractivity contribution in [3.05, 3.63) is 30.3 Å². The molecule has 0 spiro atoms. The van der Waals surface area contributed by atoms with E-state index in [-0.39, 0.29) is 5.25 Å². The summed E-state index contributed by atoms with van der Waals surface area (Å²) in [5, 5.41) is 9.22. The number of esters is 1. The molecule has 0 N–H and O–H groups in total. The fourth-order valence-electron chi connectivity index (χ4n) is 1.96. The molecule has 1 aromatic carbocycles. The second-order valence-corrected chi connectivity index (χ2v) is 5.31. The number of thioether (sulfide) groups is 1. The fourth-order valence-corrected chi connectivity index (χ4v) is 3.31. The molecule has 2 unspecified atom stereocenters. The summed E-state index contributed by atoms with van der Waals surface area (Å²) in [5.74, 6) is -0.403. The molecule has 0 aromatic heterocycles. The first-order valence-electron chi connectivity index (χ1n) is 5.44. The zero-order valence-corrected chi connectivity index (χ0v) is 10.4.